The van der Waals surface area contributed by atoms with Gasteiger partial charge in [-0.3, -0.25) is 9.98 Å². The highest BCUT2D eigenvalue weighted by atomic mass is 127. The van der Waals surface area contributed by atoms with Crippen LogP contribution in [0.15, 0.2) is 47.2 Å². The Morgan fingerprint density at radius 2 is 2.05 bits per heavy atom. The van der Waals surface area contributed by atoms with Crippen molar-refractivity contribution in [2.45, 2.75) is 26.7 Å². The molecule has 2 aromatic rings. The van der Waals surface area contributed by atoms with E-state index in [1.807, 2.05) is 18.5 Å². The Labute approximate surface area is 145 Å². The van der Waals surface area contributed by atoms with Gasteiger partial charge in [0.05, 0.1) is 5.71 Å². The average molecular weight is 402 g/mol. The summed E-state index contributed by atoms with van der Waals surface area (Å²) in [6.45, 7) is 5.25. The Morgan fingerprint density at radius 3 is 2.82 bits per heavy atom. The van der Waals surface area contributed by atoms with Gasteiger partial charge in [-0.05, 0) is 95.8 Å². The summed E-state index contributed by atoms with van der Waals surface area (Å²) in [4.78, 5) is 8.99. The average Bonchev–Trinajstić information content (AvgIpc) is 2.54. The fourth-order valence-electron chi connectivity index (χ4n) is 2.78. The second-order valence-corrected chi connectivity index (χ2v) is 6.87. The number of aliphatic imine (C=N–C) groups is 1. The lowest BCUT2D eigenvalue weighted by molar-refractivity contribution is 0.818. The number of allylic oxidation sites excluding steroid dienone is 1. The molecule has 0 aliphatic carbocycles. The molecule has 0 N–H and O–H groups in total. The summed E-state index contributed by atoms with van der Waals surface area (Å²) in [6.07, 6.45) is 8.23. The molecule has 2 nitrogen and oxygen atoms in total. The molecule has 1 aliphatic heterocycles. The first-order chi connectivity index (χ1) is 10.6. The van der Waals surface area contributed by atoms with Gasteiger partial charge in [-0.1, -0.05) is 6.07 Å². The standard InChI is InChI=1S/C19H19IN2/c1-13-9-14(2)18(20)11-17(13)10-15-5-4-8-22-19(15)16-6-3-7-21-12-16/h3,6-7,9-12H,4-5,8H2,1-2H3/b15-10+. The molecule has 0 amide bonds. The van der Waals surface area contributed by atoms with Crippen LogP contribution in [0.5, 0.6) is 0 Å². The number of aryl methyl sites for hydroxylation is 2. The van der Waals surface area contributed by atoms with Crippen LogP contribution in [0.25, 0.3) is 6.08 Å². The third kappa shape index (κ3) is 3.29. The lowest BCUT2D eigenvalue weighted by Crippen LogP contribution is -2.12. The van der Waals surface area contributed by atoms with E-state index in [1.54, 1.807) is 0 Å². The third-order valence-corrected chi connectivity index (χ3v) is 5.15. The lowest BCUT2D eigenvalue weighted by Gasteiger charge is -2.17. The number of aromatic nitrogens is 1. The predicted molar refractivity (Wildman–Crippen MR) is 101 cm³/mol. The van der Waals surface area contributed by atoms with Gasteiger partial charge in [0.1, 0.15) is 0 Å². The van der Waals surface area contributed by atoms with Crippen LogP contribution in [0.3, 0.4) is 0 Å². The predicted octanol–water partition coefficient (Wildman–Crippen LogP) is 4.97. The molecule has 2 heterocycles. The highest BCUT2D eigenvalue weighted by Gasteiger charge is 2.14. The van der Waals surface area contributed by atoms with Crippen molar-refractivity contribution in [3.05, 3.63) is 68.1 Å². The minimum Gasteiger partial charge on any atom is -0.284 e. The molecule has 0 bridgehead atoms. The molecular weight excluding hydrogens is 383 g/mol. The number of hydrogen-bond donors (Lipinski definition) is 0. The highest BCUT2D eigenvalue weighted by Crippen LogP contribution is 2.25. The van der Waals surface area contributed by atoms with Crippen LogP contribution in [0.2, 0.25) is 0 Å². The molecule has 0 radical (unpaired) electrons. The number of hydrogen-bond acceptors (Lipinski definition) is 2. The summed E-state index contributed by atoms with van der Waals surface area (Å²) in [7, 11) is 0. The Hall–Kier alpha value is -1.49. The summed E-state index contributed by atoms with van der Waals surface area (Å²) < 4.78 is 1.31. The molecule has 0 fully saturated rings. The quantitative estimate of drug-likeness (QED) is 0.652. The van der Waals surface area contributed by atoms with Crippen molar-refractivity contribution in [3.63, 3.8) is 0 Å². The molecule has 22 heavy (non-hydrogen) atoms. The van der Waals surface area contributed by atoms with Gasteiger partial charge in [-0.2, -0.15) is 0 Å². The molecule has 0 spiro atoms. The molecule has 112 valence electrons. The zero-order chi connectivity index (χ0) is 15.5. The normalized spacial score (nSPS) is 16.7. The van der Waals surface area contributed by atoms with Crippen molar-refractivity contribution >= 4 is 34.4 Å². The van der Waals surface area contributed by atoms with E-state index in [9.17, 15) is 0 Å². The van der Waals surface area contributed by atoms with E-state index in [-0.39, 0.29) is 0 Å². The van der Waals surface area contributed by atoms with Gasteiger partial charge < -0.3 is 0 Å². The van der Waals surface area contributed by atoms with Gasteiger partial charge >= 0.3 is 0 Å². The van der Waals surface area contributed by atoms with Gasteiger partial charge in [-0.25, -0.2) is 0 Å². The molecule has 1 aromatic carbocycles. The number of nitrogens with zero attached hydrogens (tertiary/aromatic N) is 2. The van der Waals surface area contributed by atoms with E-state index in [2.05, 4.69) is 65.7 Å². The maximum atomic E-state index is 4.75. The van der Waals surface area contributed by atoms with Crippen LogP contribution in [-0.2, 0) is 0 Å². The van der Waals surface area contributed by atoms with E-state index < -0.39 is 0 Å². The molecule has 0 atom stereocenters. The van der Waals surface area contributed by atoms with Gasteiger partial charge in [-0.15, -0.1) is 0 Å². The first kappa shape index (κ1) is 15.4. The van der Waals surface area contributed by atoms with Gasteiger partial charge in [0.15, 0.2) is 0 Å². The zero-order valence-corrected chi connectivity index (χ0v) is 15.1. The minimum absolute atomic E-state index is 0.909. The van der Waals surface area contributed by atoms with E-state index in [1.165, 1.54) is 25.8 Å². The smallest absolute Gasteiger partial charge is 0.0694 e. The Kier molecular flexibility index (Phi) is 4.71. The van der Waals surface area contributed by atoms with Gasteiger partial charge in [0.2, 0.25) is 0 Å². The fraction of sp³-hybridized carbons (Fsp3) is 0.263. The molecule has 0 saturated heterocycles. The maximum Gasteiger partial charge on any atom is 0.0694 e. The molecule has 0 unspecified atom stereocenters. The van der Waals surface area contributed by atoms with E-state index in [0.29, 0.717) is 0 Å². The SMILES string of the molecule is Cc1cc(C)c(/C=C2\CCCN=C2c2cccnc2)cc1I. The third-order valence-electron chi connectivity index (χ3n) is 3.99. The summed E-state index contributed by atoms with van der Waals surface area (Å²) >= 11 is 2.41. The fourth-order valence-corrected chi connectivity index (χ4v) is 3.28. The first-order valence-electron chi connectivity index (χ1n) is 7.57. The Morgan fingerprint density at radius 1 is 1.18 bits per heavy atom. The molecule has 1 aliphatic rings. The van der Waals surface area contributed by atoms with Crippen molar-refractivity contribution in [2.75, 3.05) is 6.54 Å². The van der Waals surface area contributed by atoms with Crippen LogP contribution in [0.4, 0.5) is 0 Å². The second kappa shape index (κ2) is 6.73. The van der Waals surface area contributed by atoms with Crippen molar-refractivity contribution in [3.8, 4) is 0 Å². The van der Waals surface area contributed by atoms with E-state index in [0.717, 1.165) is 30.7 Å². The first-order valence-corrected chi connectivity index (χ1v) is 8.65. The second-order valence-electron chi connectivity index (χ2n) is 5.70. The molecular formula is C19H19IN2. The van der Waals surface area contributed by atoms with Crippen LogP contribution in [0, 0.1) is 17.4 Å². The Bertz CT molecular complexity index is 746. The summed E-state index contributed by atoms with van der Waals surface area (Å²) in [6, 6.07) is 8.60. The molecule has 3 heteroatoms. The number of pyridine rings is 1. The Balaban J connectivity index is 2.04. The molecule has 1 aromatic heterocycles. The van der Waals surface area contributed by atoms with Crippen molar-refractivity contribution in [1.29, 1.82) is 0 Å². The lowest BCUT2D eigenvalue weighted by atomic mass is 9.93. The van der Waals surface area contributed by atoms with Gasteiger partial charge in [0, 0.05) is 28.1 Å². The summed E-state index contributed by atoms with van der Waals surface area (Å²) in [5, 5.41) is 0. The van der Waals surface area contributed by atoms with Crippen molar-refractivity contribution in [2.24, 2.45) is 4.99 Å². The largest absolute Gasteiger partial charge is 0.284 e. The summed E-state index contributed by atoms with van der Waals surface area (Å²) in [5.41, 5.74) is 7.50. The van der Waals surface area contributed by atoms with Crippen LogP contribution < -0.4 is 0 Å². The van der Waals surface area contributed by atoms with Crippen LogP contribution in [-0.4, -0.2) is 17.2 Å². The van der Waals surface area contributed by atoms with Gasteiger partial charge in [0.25, 0.3) is 0 Å². The highest BCUT2D eigenvalue weighted by molar-refractivity contribution is 14.1. The molecule has 3 rings (SSSR count). The van der Waals surface area contributed by atoms with E-state index >= 15 is 0 Å². The van der Waals surface area contributed by atoms with Crippen LogP contribution >= 0.6 is 22.6 Å². The topological polar surface area (TPSA) is 25.2 Å². The zero-order valence-electron chi connectivity index (χ0n) is 12.9. The van der Waals surface area contributed by atoms with Crippen molar-refractivity contribution in [1.82, 2.24) is 4.98 Å². The van der Waals surface area contributed by atoms with Crippen molar-refractivity contribution < 1.29 is 0 Å². The monoisotopic (exact) mass is 402 g/mol. The van der Waals surface area contributed by atoms with E-state index in [4.69, 9.17) is 4.99 Å². The minimum atomic E-state index is 0.909. The number of benzene rings is 1. The van der Waals surface area contributed by atoms with Crippen LogP contribution in [0.1, 0.15) is 35.1 Å². The number of rotatable bonds is 2. The maximum absolute atomic E-state index is 4.75. The number of halogens is 1. The molecule has 0 saturated carbocycles. The summed E-state index contributed by atoms with van der Waals surface area (Å²) in [5.74, 6) is 0.